The topological polar surface area (TPSA) is 194 Å². The van der Waals surface area contributed by atoms with Crippen molar-refractivity contribution >= 4 is 5.97 Å². The van der Waals surface area contributed by atoms with Crippen LogP contribution >= 0.6 is 0 Å². The molecule has 0 amide bonds. The van der Waals surface area contributed by atoms with Crippen LogP contribution in [0.4, 0.5) is 0 Å². The van der Waals surface area contributed by atoms with Crippen LogP contribution in [0.5, 0.6) is 0 Å². The molecule has 3 aliphatic rings. The molecule has 0 aliphatic carbocycles. The minimum absolute atomic E-state index is 0.00153. The van der Waals surface area contributed by atoms with Gasteiger partial charge in [0.2, 0.25) is 0 Å². The van der Waals surface area contributed by atoms with E-state index in [1.807, 2.05) is 72.6 Å². The van der Waals surface area contributed by atoms with Crippen molar-refractivity contribution in [1.29, 1.82) is 0 Å². The monoisotopic (exact) mass is 822 g/mol. The van der Waals surface area contributed by atoms with Gasteiger partial charge in [0.05, 0.1) is 47.6 Å². The van der Waals surface area contributed by atoms with E-state index < -0.39 is 95.8 Å². The van der Waals surface area contributed by atoms with Crippen molar-refractivity contribution in [1.82, 2.24) is 14.7 Å². The van der Waals surface area contributed by atoms with Gasteiger partial charge in [-0.2, -0.15) is 0 Å². The number of carbonyl (C=O) groups is 1. The number of aliphatic hydroxyl groups is 6. The summed E-state index contributed by atoms with van der Waals surface area (Å²) < 4.78 is 31.9. The Morgan fingerprint density at radius 2 is 1.37 bits per heavy atom. The average molecular weight is 822 g/mol. The number of cyclic esters (lactones) is 1. The second-order valence-electron chi connectivity index (χ2n) is 18.5. The third-order valence-electron chi connectivity index (χ3n) is 12.6. The Kier molecular flexibility index (Phi) is 19.3. The van der Waals surface area contributed by atoms with Gasteiger partial charge in [0.1, 0.15) is 23.9 Å². The van der Waals surface area contributed by atoms with Crippen molar-refractivity contribution in [3.05, 3.63) is 0 Å². The Morgan fingerprint density at radius 1 is 0.789 bits per heavy atom. The normalized spacial score (nSPS) is 46.9. The summed E-state index contributed by atoms with van der Waals surface area (Å²) in [5.74, 6) is -3.47. The molecule has 0 unspecified atom stereocenters. The number of esters is 1. The largest absolute Gasteiger partial charge is 0.459 e. The van der Waals surface area contributed by atoms with E-state index in [9.17, 15) is 35.4 Å². The highest BCUT2D eigenvalue weighted by molar-refractivity contribution is 5.73. The average Bonchev–Trinajstić information content (AvgIpc) is 3.10. The second-order valence-corrected chi connectivity index (χ2v) is 18.5. The molecule has 3 fully saturated rings. The van der Waals surface area contributed by atoms with Crippen LogP contribution in [-0.2, 0) is 28.5 Å². The maximum Gasteiger partial charge on any atom is 0.311 e. The van der Waals surface area contributed by atoms with Gasteiger partial charge in [-0.15, -0.1) is 0 Å². The van der Waals surface area contributed by atoms with Crippen molar-refractivity contribution in [3.63, 3.8) is 0 Å². The van der Waals surface area contributed by atoms with Gasteiger partial charge in [-0.05, 0) is 102 Å². The van der Waals surface area contributed by atoms with Crippen molar-refractivity contribution < 1.29 is 59.1 Å². The predicted molar refractivity (Wildman–Crippen MR) is 218 cm³/mol. The fraction of sp³-hybridized carbons (Fsp3) is 0.976. The van der Waals surface area contributed by atoms with E-state index in [4.69, 9.17) is 23.7 Å². The Morgan fingerprint density at radius 3 is 1.86 bits per heavy atom. The number of carbonyl (C=O) groups excluding carboxylic acids is 1. The molecule has 0 bridgehead atoms. The summed E-state index contributed by atoms with van der Waals surface area (Å²) in [5.41, 5.74) is -5.11. The summed E-state index contributed by atoms with van der Waals surface area (Å²) in [6.45, 7) is 19.7. The van der Waals surface area contributed by atoms with Crippen LogP contribution in [-0.4, -0.2) is 190 Å². The van der Waals surface area contributed by atoms with Gasteiger partial charge in [-0.3, -0.25) is 4.79 Å². The molecule has 57 heavy (non-hydrogen) atoms. The first kappa shape index (κ1) is 52.1. The van der Waals surface area contributed by atoms with E-state index in [1.54, 1.807) is 53.6 Å². The molecule has 3 saturated heterocycles. The lowest BCUT2D eigenvalue weighted by Gasteiger charge is -2.50. The van der Waals surface area contributed by atoms with Gasteiger partial charge in [0, 0.05) is 36.9 Å². The third kappa shape index (κ3) is 12.3. The predicted octanol–water partition coefficient (Wildman–Crippen LogP) is 2.06. The number of hydrogen-bond donors (Lipinski definition) is 6. The maximum atomic E-state index is 14.4. The molecule has 3 rings (SSSR count). The molecule has 338 valence electrons. The van der Waals surface area contributed by atoms with Crippen LogP contribution in [0.3, 0.4) is 0 Å². The van der Waals surface area contributed by atoms with Crippen LogP contribution in [0, 0.1) is 23.7 Å². The number of likely N-dealkylation sites (N-methyl/N-ethyl adjacent to an activating group) is 2. The molecule has 15 nitrogen and oxygen atoms in total. The van der Waals surface area contributed by atoms with Gasteiger partial charge in [-0.1, -0.05) is 41.5 Å². The van der Waals surface area contributed by atoms with Crippen molar-refractivity contribution in [2.75, 3.05) is 48.8 Å². The zero-order valence-corrected chi connectivity index (χ0v) is 38.2. The van der Waals surface area contributed by atoms with Gasteiger partial charge >= 0.3 is 5.97 Å². The van der Waals surface area contributed by atoms with E-state index in [0.29, 0.717) is 6.42 Å². The molecule has 6 N–H and O–H groups in total. The minimum Gasteiger partial charge on any atom is -0.459 e. The lowest BCUT2D eigenvalue weighted by molar-refractivity contribution is -0.317. The zero-order valence-electron chi connectivity index (χ0n) is 38.2. The van der Waals surface area contributed by atoms with E-state index in [2.05, 4.69) is 0 Å². The fourth-order valence-corrected chi connectivity index (χ4v) is 9.93. The molecule has 0 radical (unpaired) electrons. The molecule has 0 saturated carbocycles. The van der Waals surface area contributed by atoms with Crippen LogP contribution in [0.15, 0.2) is 0 Å². The first-order valence-electron chi connectivity index (χ1n) is 21.2. The number of aliphatic hydroxyl groups excluding tert-OH is 3. The molecule has 0 aromatic heterocycles. The van der Waals surface area contributed by atoms with Crippen molar-refractivity contribution in [2.24, 2.45) is 23.7 Å². The summed E-state index contributed by atoms with van der Waals surface area (Å²) in [4.78, 5) is 20.1. The van der Waals surface area contributed by atoms with E-state index in [-0.39, 0.29) is 49.9 Å². The Hall–Kier alpha value is -1.05. The number of rotatable bonds is 9. The van der Waals surface area contributed by atoms with Crippen LogP contribution in [0.2, 0.25) is 0 Å². The van der Waals surface area contributed by atoms with E-state index in [1.165, 1.54) is 6.92 Å². The molecule has 0 aromatic rings. The van der Waals surface area contributed by atoms with E-state index >= 15 is 0 Å². The Bertz CT molecular complexity index is 1220. The van der Waals surface area contributed by atoms with Gasteiger partial charge < -0.3 is 69.0 Å². The van der Waals surface area contributed by atoms with Crippen LogP contribution in [0.25, 0.3) is 0 Å². The SMILES string of the molecule is CC.CC[C@H]1OC(=O)[C@H](C)[C@@H](O[C@H]2C[C@@](C)(O)[C@@H](O)[C@H](C)O2)[C@H](C)[C@@H](O[C@@H]2O[C@H](C)C[C@H](N(C)C)[C@H]2O)[C@](C)(O)C[C@@H](C)[C@@H](N(C)C)[C@H](C)[C@@H](O)[C@@]1(O)CN(C)C. The first-order valence-corrected chi connectivity index (χ1v) is 21.2. The summed E-state index contributed by atoms with van der Waals surface area (Å²) in [5, 5.41) is 70.8. The molecule has 3 heterocycles. The van der Waals surface area contributed by atoms with Crippen LogP contribution in [0.1, 0.15) is 102 Å². The van der Waals surface area contributed by atoms with Gasteiger partial charge in [0.25, 0.3) is 0 Å². The highest BCUT2D eigenvalue weighted by Crippen LogP contribution is 2.41. The molecule has 0 spiro atoms. The molecular weight excluding hydrogens is 738 g/mol. The zero-order chi connectivity index (χ0) is 44.1. The quantitative estimate of drug-likeness (QED) is 0.185. The fourth-order valence-electron chi connectivity index (χ4n) is 9.93. The van der Waals surface area contributed by atoms with Gasteiger partial charge in [-0.25, -0.2) is 0 Å². The number of hydrogen-bond acceptors (Lipinski definition) is 15. The van der Waals surface area contributed by atoms with Gasteiger partial charge in [0.15, 0.2) is 12.6 Å². The summed E-state index contributed by atoms with van der Waals surface area (Å²) in [6.07, 6.45) is -9.50. The highest BCUT2D eigenvalue weighted by Gasteiger charge is 2.54. The molecule has 0 aromatic carbocycles. The smallest absolute Gasteiger partial charge is 0.311 e. The number of nitrogens with zero attached hydrogens (tertiary/aromatic N) is 3. The van der Waals surface area contributed by atoms with Crippen molar-refractivity contribution in [2.45, 2.75) is 192 Å². The Balaban J connectivity index is 0.00000551. The van der Waals surface area contributed by atoms with Crippen LogP contribution < -0.4 is 0 Å². The third-order valence-corrected chi connectivity index (χ3v) is 12.6. The Labute approximate surface area is 343 Å². The molecular formula is C42H83N3O12. The molecule has 19 atom stereocenters. The highest BCUT2D eigenvalue weighted by atomic mass is 16.7. The molecule has 15 heteroatoms. The first-order chi connectivity index (χ1) is 26.2. The summed E-state index contributed by atoms with van der Waals surface area (Å²) in [7, 11) is 11.1. The maximum absolute atomic E-state index is 14.4. The summed E-state index contributed by atoms with van der Waals surface area (Å²) >= 11 is 0. The van der Waals surface area contributed by atoms with E-state index in [0.717, 1.165) is 0 Å². The number of ether oxygens (including phenoxy) is 5. The molecule has 3 aliphatic heterocycles. The summed E-state index contributed by atoms with van der Waals surface area (Å²) in [6, 6.07) is -0.681. The minimum atomic E-state index is -1.88. The second kappa shape index (κ2) is 21.2. The lowest BCUT2D eigenvalue weighted by atomic mass is 9.71. The standard InChI is InChI=1S/C40H77N3O12.C2H6/c1-16-28-40(50,20-41(10)11)33(45)23(4)30(43(14)15)21(2)18-39(9,49)35(55-37-31(44)27(42(12)13)17-22(3)51-37)24(5)32(25(6)36(47)53-28)54-29-19-38(8,48)34(46)26(7)52-29;1-2/h21-35,37,44-46,48-50H,16-20H2,1-15H3;1-2H3/t21-,22-,23+,24+,25-,26+,27+,28-,29+,30-,31-,32+,33-,34+,35-,37+,38-,39-,40-;/m1./s1. The van der Waals surface area contributed by atoms with Crippen molar-refractivity contribution in [3.8, 4) is 0 Å². The lowest BCUT2D eigenvalue weighted by Crippen LogP contribution is -2.64.